The lowest BCUT2D eigenvalue weighted by atomic mass is 10.2. The number of carbonyl (C=O) groups is 2. The van der Waals surface area contributed by atoms with Crippen LogP contribution in [0.25, 0.3) is 0 Å². The van der Waals surface area contributed by atoms with Crippen molar-refractivity contribution in [1.82, 2.24) is 15.0 Å². The third-order valence-corrected chi connectivity index (χ3v) is 3.57. The predicted molar refractivity (Wildman–Crippen MR) is 81.5 cm³/mol. The summed E-state index contributed by atoms with van der Waals surface area (Å²) in [6.07, 6.45) is 1.68. The van der Waals surface area contributed by atoms with Gasteiger partial charge in [0.2, 0.25) is 11.7 Å². The average molecular weight is 331 g/mol. The van der Waals surface area contributed by atoms with Crippen LogP contribution in [-0.2, 0) is 11.4 Å². The Balaban J connectivity index is 1.69. The van der Waals surface area contributed by atoms with Gasteiger partial charge >= 0.3 is 5.97 Å². The number of rotatable bonds is 7. The number of carboxylic acids is 1. The summed E-state index contributed by atoms with van der Waals surface area (Å²) in [4.78, 5) is 28.9. The van der Waals surface area contributed by atoms with Crippen LogP contribution in [0.5, 0.6) is 5.75 Å². The average Bonchev–Trinajstić information content (AvgIpc) is 3.32. The van der Waals surface area contributed by atoms with E-state index in [0.717, 1.165) is 12.8 Å². The number of hydrogen-bond donors (Lipinski definition) is 1. The smallest absolute Gasteiger partial charge is 0.323 e. The molecule has 3 rings (SSSR count). The van der Waals surface area contributed by atoms with Gasteiger partial charge < -0.3 is 19.3 Å². The number of aliphatic carboxylic acids is 1. The summed E-state index contributed by atoms with van der Waals surface area (Å²) in [6.45, 7) is 1.51. The van der Waals surface area contributed by atoms with E-state index < -0.39 is 5.97 Å². The number of hydrogen-bond acceptors (Lipinski definition) is 6. The SMILES string of the molecule is Cc1nc(COc2cccc(C(=O)N(CC(=O)O)C3CC3)c2)no1. The molecule has 1 heterocycles. The van der Waals surface area contributed by atoms with Gasteiger partial charge in [-0.15, -0.1) is 0 Å². The first-order valence-corrected chi connectivity index (χ1v) is 7.58. The second kappa shape index (κ2) is 6.69. The Morgan fingerprint density at radius 1 is 1.42 bits per heavy atom. The van der Waals surface area contributed by atoms with Crippen LogP contribution in [0.2, 0.25) is 0 Å². The molecule has 1 aromatic carbocycles. The van der Waals surface area contributed by atoms with Crippen molar-refractivity contribution in [2.45, 2.75) is 32.4 Å². The van der Waals surface area contributed by atoms with Gasteiger partial charge in [0.15, 0.2) is 6.61 Å². The normalized spacial score (nSPS) is 13.5. The first-order chi connectivity index (χ1) is 11.5. The maximum atomic E-state index is 12.6. The van der Waals surface area contributed by atoms with Crippen LogP contribution < -0.4 is 4.74 Å². The van der Waals surface area contributed by atoms with E-state index in [0.29, 0.717) is 23.0 Å². The van der Waals surface area contributed by atoms with Crippen molar-refractivity contribution in [3.63, 3.8) is 0 Å². The Labute approximate surface area is 138 Å². The first-order valence-electron chi connectivity index (χ1n) is 7.58. The molecule has 126 valence electrons. The van der Waals surface area contributed by atoms with Crippen molar-refractivity contribution in [2.24, 2.45) is 0 Å². The number of ether oxygens (including phenoxy) is 1. The molecule has 1 amide bonds. The van der Waals surface area contributed by atoms with Crippen molar-refractivity contribution in [1.29, 1.82) is 0 Å². The minimum absolute atomic E-state index is 0.0143. The highest BCUT2D eigenvalue weighted by atomic mass is 16.5. The highest BCUT2D eigenvalue weighted by Gasteiger charge is 2.34. The third kappa shape index (κ3) is 3.89. The van der Waals surface area contributed by atoms with Crippen molar-refractivity contribution in [3.8, 4) is 5.75 Å². The number of carbonyl (C=O) groups excluding carboxylic acids is 1. The number of amides is 1. The molecule has 0 spiro atoms. The molecule has 0 unspecified atom stereocenters. The third-order valence-electron chi connectivity index (χ3n) is 3.57. The molecule has 1 aromatic heterocycles. The number of nitrogens with zero attached hydrogens (tertiary/aromatic N) is 3. The van der Waals surface area contributed by atoms with Gasteiger partial charge in [-0.05, 0) is 31.0 Å². The standard InChI is InChI=1S/C16H17N3O5/c1-10-17-14(18-24-10)9-23-13-4-2-3-11(7-13)16(22)19(8-15(20)21)12-5-6-12/h2-4,7,12H,5-6,8-9H2,1H3,(H,20,21). The van der Waals surface area contributed by atoms with Crippen LogP contribution in [0, 0.1) is 6.92 Å². The summed E-state index contributed by atoms with van der Waals surface area (Å²) < 4.78 is 10.4. The molecule has 2 aromatic rings. The largest absolute Gasteiger partial charge is 0.485 e. The summed E-state index contributed by atoms with van der Waals surface area (Å²) in [5.41, 5.74) is 0.393. The van der Waals surface area contributed by atoms with E-state index in [9.17, 15) is 9.59 Å². The van der Waals surface area contributed by atoms with Crippen LogP contribution in [0.15, 0.2) is 28.8 Å². The lowest BCUT2D eigenvalue weighted by molar-refractivity contribution is -0.137. The molecular formula is C16H17N3O5. The van der Waals surface area contributed by atoms with Gasteiger partial charge in [-0.3, -0.25) is 9.59 Å². The molecular weight excluding hydrogens is 314 g/mol. The second-order valence-corrected chi connectivity index (χ2v) is 5.60. The van der Waals surface area contributed by atoms with Crippen LogP contribution >= 0.6 is 0 Å². The molecule has 0 saturated heterocycles. The molecule has 0 radical (unpaired) electrons. The summed E-state index contributed by atoms with van der Waals surface area (Å²) in [7, 11) is 0. The molecule has 1 fully saturated rings. The van der Waals surface area contributed by atoms with Crippen LogP contribution in [0.4, 0.5) is 0 Å². The Morgan fingerprint density at radius 3 is 2.83 bits per heavy atom. The lowest BCUT2D eigenvalue weighted by Crippen LogP contribution is -2.37. The van der Waals surface area contributed by atoms with Crippen LogP contribution in [0.1, 0.15) is 34.9 Å². The fraction of sp³-hybridized carbons (Fsp3) is 0.375. The maximum absolute atomic E-state index is 12.6. The zero-order valence-corrected chi connectivity index (χ0v) is 13.1. The number of aryl methyl sites for hydroxylation is 1. The summed E-state index contributed by atoms with van der Waals surface area (Å²) in [6, 6.07) is 6.65. The molecule has 0 atom stereocenters. The van der Waals surface area contributed by atoms with Crippen molar-refractivity contribution in [2.75, 3.05) is 6.54 Å². The van der Waals surface area contributed by atoms with Gasteiger partial charge in [-0.25, -0.2) is 0 Å². The van der Waals surface area contributed by atoms with Gasteiger partial charge in [0, 0.05) is 18.5 Å². The minimum atomic E-state index is -1.02. The highest BCUT2D eigenvalue weighted by Crippen LogP contribution is 2.28. The highest BCUT2D eigenvalue weighted by molar-refractivity contribution is 5.96. The molecule has 0 aliphatic heterocycles. The summed E-state index contributed by atoms with van der Waals surface area (Å²) in [5, 5.41) is 12.7. The molecule has 8 heteroatoms. The van der Waals surface area contributed by atoms with Gasteiger partial charge in [0.25, 0.3) is 5.91 Å². The predicted octanol–water partition coefficient (Wildman–Crippen LogP) is 1.65. The zero-order chi connectivity index (χ0) is 17.1. The number of benzene rings is 1. The molecule has 24 heavy (non-hydrogen) atoms. The van der Waals surface area contributed by atoms with E-state index in [1.165, 1.54) is 4.90 Å². The fourth-order valence-corrected chi connectivity index (χ4v) is 2.33. The van der Waals surface area contributed by atoms with Crippen LogP contribution in [-0.4, -0.2) is 44.6 Å². The van der Waals surface area contributed by atoms with Gasteiger partial charge in [0.1, 0.15) is 12.3 Å². The topological polar surface area (TPSA) is 106 Å². The maximum Gasteiger partial charge on any atom is 0.323 e. The Hall–Kier alpha value is -2.90. The van der Waals surface area contributed by atoms with E-state index in [1.54, 1.807) is 31.2 Å². The van der Waals surface area contributed by atoms with Gasteiger partial charge in [-0.2, -0.15) is 4.98 Å². The molecule has 1 aliphatic carbocycles. The summed E-state index contributed by atoms with van der Waals surface area (Å²) >= 11 is 0. The monoisotopic (exact) mass is 331 g/mol. The Bertz CT molecular complexity index is 754. The molecule has 1 saturated carbocycles. The van der Waals surface area contributed by atoms with Crippen molar-refractivity contribution < 1.29 is 24.0 Å². The number of carboxylic acid groups (broad SMARTS) is 1. The van der Waals surface area contributed by atoms with E-state index >= 15 is 0 Å². The zero-order valence-electron chi connectivity index (χ0n) is 13.1. The summed E-state index contributed by atoms with van der Waals surface area (Å²) in [5.74, 6) is 0.0197. The first kappa shape index (κ1) is 16.0. The minimum Gasteiger partial charge on any atom is -0.485 e. The second-order valence-electron chi connectivity index (χ2n) is 5.60. The number of aromatic nitrogens is 2. The Kier molecular flexibility index (Phi) is 4.45. The van der Waals surface area contributed by atoms with Crippen molar-refractivity contribution >= 4 is 11.9 Å². The van der Waals surface area contributed by atoms with Gasteiger partial charge in [-0.1, -0.05) is 11.2 Å². The quantitative estimate of drug-likeness (QED) is 0.822. The molecule has 1 N–H and O–H groups in total. The lowest BCUT2D eigenvalue weighted by Gasteiger charge is -2.20. The Morgan fingerprint density at radius 2 is 2.21 bits per heavy atom. The van der Waals surface area contributed by atoms with E-state index in [1.807, 2.05) is 0 Å². The van der Waals surface area contributed by atoms with E-state index in [4.69, 9.17) is 14.4 Å². The molecule has 0 bridgehead atoms. The fourth-order valence-electron chi connectivity index (χ4n) is 2.33. The van der Waals surface area contributed by atoms with Gasteiger partial charge in [0.05, 0.1) is 0 Å². The van der Waals surface area contributed by atoms with Crippen molar-refractivity contribution in [3.05, 3.63) is 41.5 Å². The molecule has 8 nitrogen and oxygen atoms in total. The van der Waals surface area contributed by atoms with E-state index in [-0.39, 0.29) is 25.1 Å². The molecule has 1 aliphatic rings. The van der Waals surface area contributed by atoms with Crippen LogP contribution in [0.3, 0.4) is 0 Å². The van der Waals surface area contributed by atoms with E-state index in [2.05, 4.69) is 10.1 Å².